The van der Waals surface area contributed by atoms with E-state index in [0.29, 0.717) is 4.49 Å². The summed E-state index contributed by atoms with van der Waals surface area (Å²) in [7, 11) is 0. The minimum absolute atomic E-state index is 0.305. The summed E-state index contributed by atoms with van der Waals surface area (Å²) in [6.45, 7) is 3.47. The van der Waals surface area contributed by atoms with Gasteiger partial charge in [-0.1, -0.05) is 35.4 Å². The first-order chi connectivity index (χ1) is 3.27. The molecule has 40 valence electrons. The molecular weight excluding hydrogens is 131 g/mol. The van der Waals surface area contributed by atoms with Gasteiger partial charge in [-0.2, -0.15) is 0 Å². The minimum atomic E-state index is 0.305. The molecule has 0 atom stereocenters. The normalized spacial score (nSPS) is 7.71. The standard InChI is InChI=1S/C5H6Cl2/c1-2-3-4-5(6)7/h2,4H,1,3H2. The Hall–Kier alpha value is 0.0600. The molecule has 7 heavy (non-hydrogen) atoms. The molecular formula is C5H6Cl2. The van der Waals surface area contributed by atoms with Crippen molar-refractivity contribution < 1.29 is 0 Å². The molecule has 0 aliphatic rings. The van der Waals surface area contributed by atoms with Crippen LogP contribution in [0.5, 0.6) is 0 Å². The first-order valence-electron chi connectivity index (χ1n) is 1.89. The molecule has 0 heterocycles. The van der Waals surface area contributed by atoms with Crippen LogP contribution in [-0.4, -0.2) is 0 Å². The molecule has 0 unspecified atom stereocenters. The Balaban J connectivity index is 3.25. The molecule has 0 amide bonds. The second-order valence-corrected chi connectivity index (χ2v) is 2.03. The predicted octanol–water partition coefficient (Wildman–Crippen LogP) is 2.88. The van der Waals surface area contributed by atoms with E-state index in [4.69, 9.17) is 23.2 Å². The van der Waals surface area contributed by atoms with E-state index in [0.717, 1.165) is 6.42 Å². The van der Waals surface area contributed by atoms with E-state index in [1.807, 2.05) is 0 Å². The maximum atomic E-state index is 5.24. The lowest BCUT2D eigenvalue weighted by atomic mass is 10.4. The van der Waals surface area contributed by atoms with Crippen molar-refractivity contribution >= 4 is 23.2 Å². The maximum Gasteiger partial charge on any atom is 0.103 e. The first-order valence-corrected chi connectivity index (χ1v) is 2.65. The monoisotopic (exact) mass is 136 g/mol. The fourth-order valence-corrected chi connectivity index (χ4v) is 0.351. The van der Waals surface area contributed by atoms with Gasteiger partial charge in [-0.25, -0.2) is 0 Å². The van der Waals surface area contributed by atoms with E-state index in [2.05, 4.69) is 6.58 Å². The Bertz CT molecular complexity index is 80.1. The predicted molar refractivity (Wildman–Crippen MR) is 34.6 cm³/mol. The zero-order chi connectivity index (χ0) is 5.70. The highest BCUT2D eigenvalue weighted by molar-refractivity contribution is 6.55. The summed E-state index contributed by atoms with van der Waals surface area (Å²) in [5.74, 6) is 0. The number of halogens is 2. The van der Waals surface area contributed by atoms with E-state index in [9.17, 15) is 0 Å². The van der Waals surface area contributed by atoms with Crippen LogP contribution in [0.15, 0.2) is 23.2 Å². The second-order valence-electron chi connectivity index (χ2n) is 1.02. The lowest BCUT2D eigenvalue weighted by molar-refractivity contribution is 1.41. The summed E-state index contributed by atoms with van der Waals surface area (Å²) in [6, 6.07) is 0. The summed E-state index contributed by atoms with van der Waals surface area (Å²) >= 11 is 10.5. The molecule has 0 rings (SSSR count). The molecule has 0 aliphatic heterocycles. The molecule has 0 bridgehead atoms. The topological polar surface area (TPSA) is 0 Å². The Morgan fingerprint density at radius 3 is 2.29 bits per heavy atom. The molecule has 0 saturated carbocycles. The van der Waals surface area contributed by atoms with Gasteiger partial charge in [-0.15, -0.1) is 6.58 Å². The molecule has 0 spiro atoms. The number of hydrogen-bond donors (Lipinski definition) is 0. The van der Waals surface area contributed by atoms with Gasteiger partial charge in [0.1, 0.15) is 4.49 Å². The molecule has 2 heteroatoms. The zero-order valence-electron chi connectivity index (χ0n) is 3.82. The minimum Gasteiger partial charge on any atom is -0.103 e. The van der Waals surface area contributed by atoms with Gasteiger partial charge < -0.3 is 0 Å². The largest absolute Gasteiger partial charge is 0.103 e. The first kappa shape index (κ1) is 7.06. The van der Waals surface area contributed by atoms with Crippen LogP contribution in [-0.2, 0) is 0 Å². The van der Waals surface area contributed by atoms with Crippen molar-refractivity contribution in [2.24, 2.45) is 0 Å². The lowest BCUT2D eigenvalue weighted by Crippen LogP contribution is -1.53. The maximum absolute atomic E-state index is 5.24. The Morgan fingerprint density at radius 2 is 2.14 bits per heavy atom. The summed E-state index contributed by atoms with van der Waals surface area (Å²) < 4.78 is 0.305. The van der Waals surface area contributed by atoms with Crippen LogP contribution in [0.25, 0.3) is 0 Å². The van der Waals surface area contributed by atoms with Crippen LogP contribution in [0.3, 0.4) is 0 Å². The molecule has 0 radical (unpaired) electrons. The van der Waals surface area contributed by atoms with Crippen LogP contribution in [0.2, 0.25) is 0 Å². The highest BCUT2D eigenvalue weighted by Gasteiger charge is 1.75. The van der Waals surface area contributed by atoms with Crippen LogP contribution in [0.4, 0.5) is 0 Å². The fraction of sp³-hybridized carbons (Fsp3) is 0.200. The number of hydrogen-bond acceptors (Lipinski definition) is 0. The van der Waals surface area contributed by atoms with Crippen molar-refractivity contribution in [3.63, 3.8) is 0 Å². The van der Waals surface area contributed by atoms with E-state index in [-0.39, 0.29) is 0 Å². The second kappa shape index (κ2) is 4.23. The van der Waals surface area contributed by atoms with Crippen molar-refractivity contribution in [3.8, 4) is 0 Å². The van der Waals surface area contributed by atoms with Crippen molar-refractivity contribution in [3.05, 3.63) is 23.2 Å². The summed E-state index contributed by atoms with van der Waals surface area (Å²) in [6.07, 6.45) is 4.14. The van der Waals surface area contributed by atoms with E-state index in [1.54, 1.807) is 12.2 Å². The van der Waals surface area contributed by atoms with Crippen LogP contribution in [0, 0.1) is 0 Å². The van der Waals surface area contributed by atoms with Gasteiger partial charge in [0.15, 0.2) is 0 Å². The van der Waals surface area contributed by atoms with Crippen LogP contribution >= 0.6 is 23.2 Å². The molecule has 0 aromatic heterocycles. The van der Waals surface area contributed by atoms with Gasteiger partial charge >= 0.3 is 0 Å². The van der Waals surface area contributed by atoms with Crippen LogP contribution in [0.1, 0.15) is 6.42 Å². The van der Waals surface area contributed by atoms with Crippen molar-refractivity contribution in [2.45, 2.75) is 6.42 Å². The van der Waals surface area contributed by atoms with Gasteiger partial charge in [0, 0.05) is 0 Å². The van der Waals surface area contributed by atoms with Crippen molar-refractivity contribution in [1.82, 2.24) is 0 Å². The smallest absolute Gasteiger partial charge is 0.103 e. The van der Waals surface area contributed by atoms with Crippen LogP contribution < -0.4 is 0 Å². The summed E-state index contributed by atoms with van der Waals surface area (Å²) in [5, 5.41) is 0. The van der Waals surface area contributed by atoms with E-state index < -0.39 is 0 Å². The average molecular weight is 137 g/mol. The van der Waals surface area contributed by atoms with Crippen molar-refractivity contribution in [1.29, 1.82) is 0 Å². The highest BCUT2D eigenvalue weighted by atomic mass is 35.5. The third kappa shape index (κ3) is 6.06. The molecule has 0 aromatic carbocycles. The van der Waals surface area contributed by atoms with E-state index in [1.165, 1.54) is 0 Å². The molecule has 0 aromatic rings. The third-order valence-electron chi connectivity index (χ3n) is 0.439. The molecule has 0 saturated heterocycles. The van der Waals surface area contributed by atoms with Gasteiger partial charge in [-0.05, 0) is 6.42 Å². The molecule has 0 aliphatic carbocycles. The summed E-state index contributed by atoms with van der Waals surface area (Å²) in [5.41, 5.74) is 0. The Morgan fingerprint density at radius 1 is 1.57 bits per heavy atom. The Labute approximate surface area is 53.4 Å². The van der Waals surface area contributed by atoms with E-state index >= 15 is 0 Å². The molecule has 0 nitrogen and oxygen atoms in total. The van der Waals surface area contributed by atoms with Gasteiger partial charge in [-0.3, -0.25) is 0 Å². The summed E-state index contributed by atoms with van der Waals surface area (Å²) in [4.78, 5) is 0. The van der Waals surface area contributed by atoms with Gasteiger partial charge in [0.25, 0.3) is 0 Å². The third-order valence-corrected chi connectivity index (χ3v) is 0.747. The molecule has 0 fully saturated rings. The SMILES string of the molecule is C=CCC=C(Cl)Cl. The fourth-order valence-electron chi connectivity index (χ4n) is 0.172. The highest BCUT2D eigenvalue weighted by Crippen LogP contribution is 2.06. The molecule has 0 N–H and O–H groups in total. The zero-order valence-corrected chi connectivity index (χ0v) is 5.34. The van der Waals surface area contributed by atoms with Gasteiger partial charge in [0.2, 0.25) is 0 Å². The number of rotatable bonds is 2. The Kier molecular flexibility index (Phi) is 4.26. The lowest BCUT2D eigenvalue weighted by Gasteiger charge is -1.76. The quantitative estimate of drug-likeness (QED) is 0.513. The van der Waals surface area contributed by atoms with Gasteiger partial charge in [0.05, 0.1) is 0 Å². The van der Waals surface area contributed by atoms with Crippen molar-refractivity contribution in [2.75, 3.05) is 0 Å². The number of allylic oxidation sites excluding steroid dienone is 2. The average Bonchev–Trinajstić information content (AvgIpc) is 1.61.